The summed E-state index contributed by atoms with van der Waals surface area (Å²) in [5.74, 6) is -4.92. The van der Waals surface area contributed by atoms with Gasteiger partial charge in [-0.25, -0.2) is 13.2 Å². The average molecular weight is 348 g/mol. The zero-order chi connectivity index (χ0) is 18.4. The molecule has 0 radical (unpaired) electrons. The van der Waals surface area contributed by atoms with E-state index in [4.69, 9.17) is 5.26 Å². The van der Waals surface area contributed by atoms with Crippen molar-refractivity contribution >= 4 is 5.91 Å². The van der Waals surface area contributed by atoms with Gasteiger partial charge in [-0.2, -0.15) is 5.26 Å². The van der Waals surface area contributed by atoms with Crippen LogP contribution in [-0.2, 0) is 17.6 Å². The van der Waals surface area contributed by atoms with Gasteiger partial charge in [-0.15, -0.1) is 0 Å². The lowest BCUT2D eigenvalue weighted by molar-refractivity contribution is -0.121. The number of aliphatic hydroxyl groups is 1. The molecule has 0 saturated carbocycles. The third kappa shape index (κ3) is 4.58. The fourth-order valence-electron chi connectivity index (χ4n) is 2.42. The number of nitrogens with zero attached hydrogens (tertiary/aromatic N) is 1. The van der Waals surface area contributed by atoms with Crippen molar-refractivity contribution in [2.45, 2.75) is 18.9 Å². The third-order valence-electron chi connectivity index (χ3n) is 3.67. The van der Waals surface area contributed by atoms with E-state index in [1.807, 2.05) is 6.07 Å². The fourth-order valence-corrected chi connectivity index (χ4v) is 2.42. The Morgan fingerprint density at radius 1 is 1.16 bits per heavy atom. The Kier molecular flexibility index (Phi) is 6.14. The zero-order valence-corrected chi connectivity index (χ0v) is 13.1. The van der Waals surface area contributed by atoms with Gasteiger partial charge in [0.1, 0.15) is 0 Å². The minimum Gasteiger partial charge on any atom is -0.394 e. The molecule has 4 nitrogen and oxygen atoms in total. The van der Waals surface area contributed by atoms with E-state index in [9.17, 15) is 23.1 Å². The lowest BCUT2D eigenvalue weighted by Gasteiger charge is -2.18. The molecule has 0 aromatic heterocycles. The maximum Gasteiger partial charge on any atom is 0.224 e. The van der Waals surface area contributed by atoms with Crippen molar-refractivity contribution in [1.82, 2.24) is 5.32 Å². The van der Waals surface area contributed by atoms with Crippen LogP contribution in [-0.4, -0.2) is 17.6 Å². The van der Waals surface area contributed by atoms with Crippen LogP contribution < -0.4 is 5.32 Å². The van der Waals surface area contributed by atoms with E-state index in [0.29, 0.717) is 11.1 Å². The normalized spacial score (nSPS) is 11.6. The maximum absolute atomic E-state index is 13.3. The van der Waals surface area contributed by atoms with Crippen LogP contribution >= 0.6 is 0 Å². The van der Waals surface area contributed by atoms with Crippen LogP contribution in [0.4, 0.5) is 13.2 Å². The first-order chi connectivity index (χ1) is 12.0. The number of hydrogen-bond donors (Lipinski definition) is 2. The highest BCUT2D eigenvalue weighted by molar-refractivity contribution is 5.79. The van der Waals surface area contributed by atoms with Gasteiger partial charge < -0.3 is 10.4 Å². The van der Waals surface area contributed by atoms with E-state index >= 15 is 0 Å². The van der Waals surface area contributed by atoms with Crippen LogP contribution in [0.3, 0.4) is 0 Å². The molecular formula is C18H15F3N2O2. The SMILES string of the molecule is N#CCc1ccccc1CC(=O)NC(CO)c1cc(F)c(F)c(F)c1. The first-order valence-electron chi connectivity index (χ1n) is 7.44. The number of hydrogen-bond acceptors (Lipinski definition) is 3. The van der Waals surface area contributed by atoms with Gasteiger partial charge in [0.2, 0.25) is 5.91 Å². The maximum atomic E-state index is 13.3. The minimum absolute atomic E-state index is 0.0689. The Morgan fingerprint density at radius 3 is 2.32 bits per heavy atom. The van der Waals surface area contributed by atoms with E-state index < -0.39 is 36.0 Å². The number of halogens is 3. The van der Waals surface area contributed by atoms with Gasteiger partial charge in [-0.05, 0) is 28.8 Å². The fraction of sp³-hybridized carbons (Fsp3) is 0.222. The van der Waals surface area contributed by atoms with Crippen molar-refractivity contribution < 1.29 is 23.1 Å². The van der Waals surface area contributed by atoms with Gasteiger partial charge in [0.15, 0.2) is 17.5 Å². The van der Waals surface area contributed by atoms with Gasteiger partial charge >= 0.3 is 0 Å². The highest BCUT2D eigenvalue weighted by Gasteiger charge is 2.19. The summed E-state index contributed by atoms with van der Waals surface area (Å²) < 4.78 is 39.7. The second-order valence-electron chi connectivity index (χ2n) is 5.38. The summed E-state index contributed by atoms with van der Waals surface area (Å²) in [7, 11) is 0. The Bertz CT molecular complexity index is 795. The van der Waals surface area contributed by atoms with Crippen LogP contribution in [0, 0.1) is 28.8 Å². The lowest BCUT2D eigenvalue weighted by atomic mass is 10.0. The molecule has 0 aliphatic rings. The smallest absolute Gasteiger partial charge is 0.224 e. The summed E-state index contributed by atoms with van der Waals surface area (Å²) in [5, 5.41) is 20.6. The Morgan fingerprint density at radius 2 is 1.76 bits per heavy atom. The number of nitriles is 1. The summed E-state index contributed by atoms with van der Waals surface area (Å²) in [4.78, 5) is 12.2. The van der Waals surface area contributed by atoms with Crippen molar-refractivity contribution in [3.05, 3.63) is 70.5 Å². The molecule has 1 atom stereocenters. The Labute approximate surface area is 142 Å². The number of carbonyl (C=O) groups excluding carboxylic acids is 1. The topological polar surface area (TPSA) is 73.1 Å². The van der Waals surface area contributed by atoms with E-state index in [1.165, 1.54) is 0 Å². The molecular weight excluding hydrogens is 333 g/mol. The standard InChI is InChI=1S/C18H15F3N2O2/c19-14-7-13(8-15(20)18(14)21)16(10-24)23-17(25)9-12-4-2-1-3-11(12)5-6-22/h1-4,7-8,16,24H,5,9-10H2,(H,23,25). The van der Waals surface area contributed by atoms with Crippen molar-refractivity contribution in [3.8, 4) is 6.07 Å². The molecule has 0 aliphatic carbocycles. The van der Waals surface area contributed by atoms with Crippen LogP contribution in [0.15, 0.2) is 36.4 Å². The number of carbonyl (C=O) groups is 1. The summed E-state index contributed by atoms with van der Waals surface area (Å²) in [6, 6.07) is 9.25. The van der Waals surface area contributed by atoms with Crippen LogP contribution in [0.25, 0.3) is 0 Å². The van der Waals surface area contributed by atoms with Crippen LogP contribution in [0.2, 0.25) is 0 Å². The van der Waals surface area contributed by atoms with E-state index in [2.05, 4.69) is 5.32 Å². The summed E-state index contributed by atoms with van der Waals surface area (Å²) in [6.45, 7) is -0.615. The second-order valence-corrected chi connectivity index (χ2v) is 5.38. The summed E-state index contributed by atoms with van der Waals surface area (Å²) in [5.41, 5.74) is 1.24. The lowest BCUT2D eigenvalue weighted by Crippen LogP contribution is -2.32. The molecule has 0 bridgehead atoms. The molecule has 0 aliphatic heterocycles. The van der Waals surface area contributed by atoms with Gasteiger partial charge in [0, 0.05) is 0 Å². The summed E-state index contributed by atoms with van der Waals surface area (Å²) >= 11 is 0. The first-order valence-corrected chi connectivity index (χ1v) is 7.44. The number of amides is 1. The molecule has 0 heterocycles. The highest BCUT2D eigenvalue weighted by Crippen LogP contribution is 2.20. The van der Waals surface area contributed by atoms with E-state index in [0.717, 1.165) is 12.1 Å². The van der Waals surface area contributed by atoms with Crippen LogP contribution in [0.1, 0.15) is 22.7 Å². The molecule has 0 spiro atoms. The van der Waals surface area contributed by atoms with Crippen molar-refractivity contribution in [2.24, 2.45) is 0 Å². The largest absolute Gasteiger partial charge is 0.394 e. The molecule has 130 valence electrons. The summed E-state index contributed by atoms with van der Waals surface area (Å²) in [6.07, 6.45) is 0.0712. The first kappa shape index (κ1) is 18.5. The van der Waals surface area contributed by atoms with E-state index in [-0.39, 0.29) is 18.4 Å². The van der Waals surface area contributed by atoms with Gasteiger partial charge in [-0.1, -0.05) is 24.3 Å². The molecule has 2 N–H and O–H groups in total. The van der Waals surface area contributed by atoms with Crippen LogP contribution in [0.5, 0.6) is 0 Å². The number of rotatable bonds is 6. The molecule has 0 saturated heterocycles. The molecule has 0 fully saturated rings. The van der Waals surface area contributed by atoms with E-state index in [1.54, 1.807) is 24.3 Å². The minimum atomic E-state index is -1.61. The van der Waals surface area contributed by atoms with Crippen molar-refractivity contribution in [1.29, 1.82) is 5.26 Å². The number of aliphatic hydroxyl groups excluding tert-OH is 1. The third-order valence-corrected chi connectivity index (χ3v) is 3.67. The molecule has 2 aromatic carbocycles. The Hall–Kier alpha value is -2.85. The average Bonchev–Trinajstić information content (AvgIpc) is 2.59. The van der Waals surface area contributed by atoms with Crippen molar-refractivity contribution in [3.63, 3.8) is 0 Å². The molecule has 7 heteroatoms. The van der Waals surface area contributed by atoms with Crippen molar-refractivity contribution in [2.75, 3.05) is 6.61 Å². The monoisotopic (exact) mass is 348 g/mol. The molecule has 2 rings (SSSR count). The number of nitrogens with one attached hydrogen (secondary N) is 1. The predicted molar refractivity (Wildman–Crippen MR) is 83.7 cm³/mol. The van der Waals surface area contributed by atoms with Gasteiger partial charge in [0.05, 0.1) is 31.6 Å². The molecule has 2 aromatic rings. The highest BCUT2D eigenvalue weighted by atomic mass is 19.2. The second kappa shape index (κ2) is 8.31. The zero-order valence-electron chi connectivity index (χ0n) is 13.1. The molecule has 1 amide bonds. The molecule has 25 heavy (non-hydrogen) atoms. The Balaban J connectivity index is 2.15. The molecule has 1 unspecified atom stereocenters. The quantitative estimate of drug-likeness (QED) is 0.788. The number of benzene rings is 2. The van der Waals surface area contributed by atoms with Gasteiger partial charge in [-0.3, -0.25) is 4.79 Å². The van der Waals surface area contributed by atoms with Gasteiger partial charge in [0.25, 0.3) is 0 Å². The predicted octanol–water partition coefficient (Wildman–Crippen LogP) is 2.56.